The van der Waals surface area contributed by atoms with E-state index in [1.54, 1.807) is 36.4 Å². The number of non-ortho nitro benzene ring substituents is 1. The van der Waals surface area contributed by atoms with E-state index in [4.69, 9.17) is 9.47 Å². The number of nitro benzene ring substituents is 1. The fourth-order valence-corrected chi connectivity index (χ4v) is 4.57. The molecule has 1 aliphatic rings. The molecule has 42 heavy (non-hydrogen) atoms. The summed E-state index contributed by atoms with van der Waals surface area (Å²) in [7, 11) is 1.44. The van der Waals surface area contributed by atoms with Crippen LogP contribution in [0.5, 0.6) is 5.75 Å². The van der Waals surface area contributed by atoms with Gasteiger partial charge in [0.05, 0.1) is 24.5 Å². The Morgan fingerprint density at radius 1 is 1.00 bits per heavy atom. The lowest BCUT2D eigenvalue weighted by molar-refractivity contribution is -0.384. The van der Waals surface area contributed by atoms with Crippen LogP contribution in [0.1, 0.15) is 33.9 Å². The predicted molar refractivity (Wildman–Crippen MR) is 147 cm³/mol. The van der Waals surface area contributed by atoms with Crippen LogP contribution in [-0.2, 0) is 20.9 Å². The Morgan fingerprint density at radius 3 is 2.40 bits per heavy atom. The fourth-order valence-electron chi connectivity index (χ4n) is 4.57. The van der Waals surface area contributed by atoms with Gasteiger partial charge < -0.3 is 24.8 Å². The molecule has 2 atom stereocenters. The van der Waals surface area contributed by atoms with Gasteiger partial charge in [-0.15, -0.1) is 0 Å². The molecule has 0 aromatic heterocycles. The highest BCUT2D eigenvalue weighted by Crippen LogP contribution is 2.26. The van der Waals surface area contributed by atoms with E-state index in [2.05, 4.69) is 5.32 Å². The number of hydrogen-bond acceptors (Lipinski definition) is 8. The molecule has 2 unspecified atom stereocenters. The summed E-state index contributed by atoms with van der Waals surface area (Å²) in [4.78, 5) is 65.1. The summed E-state index contributed by atoms with van der Waals surface area (Å²) in [5.41, 5.74) is 0.788. The van der Waals surface area contributed by atoms with E-state index in [9.17, 15) is 34.4 Å². The highest BCUT2D eigenvalue weighted by molar-refractivity contribution is 5.99. The summed E-state index contributed by atoms with van der Waals surface area (Å²) in [6, 6.07) is 19.2. The maximum Gasteiger partial charge on any atom is 0.412 e. The van der Waals surface area contributed by atoms with Crippen molar-refractivity contribution in [3.8, 4) is 5.75 Å². The van der Waals surface area contributed by atoms with Crippen molar-refractivity contribution in [3.05, 3.63) is 106 Å². The molecule has 1 saturated heterocycles. The van der Waals surface area contributed by atoms with Crippen molar-refractivity contribution in [2.75, 3.05) is 20.2 Å². The second-order valence-electron chi connectivity index (χ2n) is 9.35. The first-order valence-corrected chi connectivity index (χ1v) is 12.9. The number of ether oxygens (including phenoxy) is 2. The topological polar surface area (TPSA) is 169 Å². The van der Waals surface area contributed by atoms with Crippen LogP contribution in [0.3, 0.4) is 0 Å². The van der Waals surface area contributed by atoms with Gasteiger partial charge in [-0.2, -0.15) is 0 Å². The van der Waals surface area contributed by atoms with Crippen LogP contribution in [0.2, 0.25) is 0 Å². The molecule has 0 aliphatic carbocycles. The largest absolute Gasteiger partial charge is 0.497 e. The Morgan fingerprint density at radius 2 is 1.71 bits per heavy atom. The van der Waals surface area contributed by atoms with Gasteiger partial charge in [-0.25, -0.2) is 4.79 Å². The first kappa shape index (κ1) is 29.5. The summed E-state index contributed by atoms with van der Waals surface area (Å²) in [5.74, 6) is -2.30. The van der Waals surface area contributed by atoms with Crippen LogP contribution >= 0.6 is 0 Å². The molecule has 0 radical (unpaired) electrons. The maximum absolute atomic E-state index is 13.8. The molecule has 1 heterocycles. The first-order valence-electron chi connectivity index (χ1n) is 12.9. The number of carbonyl (C=O) groups excluding carboxylic acids is 3. The van der Waals surface area contributed by atoms with Gasteiger partial charge in [0.25, 0.3) is 17.5 Å². The molecule has 0 saturated carbocycles. The normalized spacial score (nSPS) is 15.0. The minimum absolute atomic E-state index is 0.0189. The molecule has 3 aromatic carbocycles. The molecule has 3 amide bonds. The Labute approximate surface area is 240 Å². The Hall–Kier alpha value is -5.46. The lowest BCUT2D eigenvalue weighted by Gasteiger charge is -2.30. The lowest BCUT2D eigenvalue weighted by atomic mass is 10.0. The number of rotatable bonds is 10. The molecule has 1 fully saturated rings. The van der Waals surface area contributed by atoms with Crippen molar-refractivity contribution in [1.82, 2.24) is 15.1 Å². The number of carboxylic acids is 1. The molecule has 3 aromatic rings. The van der Waals surface area contributed by atoms with Gasteiger partial charge in [-0.05, 0) is 29.3 Å². The van der Waals surface area contributed by atoms with E-state index in [1.165, 1.54) is 42.3 Å². The number of hydrogen-bond donors (Lipinski definition) is 2. The zero-order chi connectivity index (χ0) is 30.2. The average Bonchev–Trinajstić information content (AvgIpc) is 3.45. The van der Waals surface area contributed by atoms with Gasteiger partial charge in [0.1, 0.15) is 12.4 Å². The van der Waals surface area contributed by atoms with Gasteiger partial charge in [0, 0.05) is 30.8 Å². The fraction of sp³-hybridized carbons (Fsp3) is 0.241. The smallest absolute Gasteiger partial charge is 0.412 e. The summed E-state index contributed by atoms with van der Waals surface area (Å²) in [6.45, 7) is -0.138. The first-order chi connectivity index (χ1) is 20.2. The van der Waals surface area contributed by atoms with Crippen molar-refractivity contribution in [3.63, 3.8) is 0 Å². The highest BCUT2D eigenvalue weighted by Gasteiger charge is 2.44. The minimum Gasteiger partial charge on any atom is -0.497 e. The second-order valence-corrected chi connectivity index (χ2v) is 9.35. The predicted octanol–water partition coefficient (Wildman–Crippen LogP) is 3.36. The van der Waals surface area contributed by atoms with E-state index in [-0.39, 0.29) is 36.5 Å². The van der Waals surface area contributed by atoms with E-state index in [0.717, 1.165) is 11.0 Å². The zero-order valence-electron chi connectivity index (χ0n) is 22.5. The minimum atomic E-state index is -1.50. The molecule has 13 nitrogen and oxygen atoms in total. The zero-order valence-corrected chi connectivity index (χ0v) is 22.5. The van der Waals surface area contributed by atoms with Crippen LogP contribution < -0.4 is 10.1 Å². The number of amides is 3. The van der Waals surface area contributed by atoms with Gasteiger partial charge in [0.15, 0.2) is 6.17 Å². The van der Waals surface area contributed by atoms with Gasteiger partial charge in [0.2, 0.25) is 0 Å². The van der Waals surface area contributed by atoms with E-state index in [1.807, 2.05) is 6.07 Å². The molecule has 13 heteroatoms. The van der Waals surface area contributed by atoms with Crippen molar-refractivity contribution in [2.24, 2.45) is 0 Å². The van der Waals surface area contributed by atoms with E-state index in [0.29, 0.717) is 11.3 Å². The lowest BCUT2D eigenvalue weighted by Crippen LogP contribution is -2.54. The molecule has 4 rings (SSSR count). The molecular formula is C29H28N4O9. The van der Waals surface area contributed by atoms with Gasteiger partial charge >= 0.3 is 12.1 Å². The number of nitro groups is 1. The monoisotopic (exact) mass is 576 g/mol. The van der Waals surface area contributed by atoms with Crippen molar-refractivity contribution in [2.45, 2.75) is 25.2 Å². The summed E-state index contributed by atoms with van der Waals surface area (Å²) in [6.07, 6.45) is -2.96. The molecule has 1 aliphatic heterocycles. The number of carboxylic acid groups (broad SMARTS) is 1. The average molecular weight is 577 g/mol. The Kier molecular flexibility index (Phi) is 9.32. The van der Waals surface area contributed by atoms with E-state index < -0.39 is 47.4 Å². The van der Waals surface area contributed by atoms with Crippen LogP contribution in [0, 0.1) is 10.1 Å². The number of nitrogens with zero attached hydrogens (tertiary/aromatic N) is 3. The van der Waals surface area contributed by atoms with Gasteiger partial charge in [-0.3, -0.25) is 29.4 Å². The number of aliphatic carboxylic acids is 1. The Bertz CT molecular complexity index is 1480. The molecular weight excluding hydrogens is 548 g/mol. The summed E-state index contributed by atoms with van der Waals surface area (Å²) >= 11 is 0. The second kappa shape index (κ2) is 13.3. The number of benzene rings is 3. The van der Waals surface area contributed by atoms with Crippen molar-refractivity contribution >= 4 is 29.6 Å². The van der Waals surface area contributed by atoms with Crippen molar-refractivity contribution in [1.29, 1.82) is 0 Å². The van der Waals surface area contributed by atoms with Crippen LogP contribution in [-0.4, -0.2) is 70.1 Å². The van der Waals surface area contributed by atoms with Crippen LogP contribution in [0.15, 0.2) is 78.9 Å². The quantitative estimate of drug-likeness (QED) is 0.271. The number of methoxy groups -OCH3 is 1. The maximum atomic E-state index is 13.8. The number of nitrogens with one attached hydrogen (secondary N) is 1. The summed E-state index contributed by atoms with van der Waals surface area (Å²) < 4.78 is 10.6. The molecule has 2 N–H and O–H groups in total. The van der Waals surface area contributed by atoms with Crippen LogP contribution in [0.4, 0.5) is 10.5 Å². The third-order valence-corrected chi connectivity index (χ3v) is 6.60. The molecule has 0 spiro atoms. The highest BCUT2D eigenvalue weighted by atomic mass is 16.6. The molecule has 0 bridgehead atoms. The third kappa shape index (κ3) is 6.99. The van der Waals surface area contributed by atoms with E-state index >= 15 is 0 Å². The third-order valence-electron chi connectivity index (χ3n) is 6.60. The molecule has 218 valence electrons. The van der Waals surface area contributed by atoms with Crippen molar-refractivity contribution < 1.29 is 38.7 Å². The standard InChI is InChI=1S/C29H28N4O9/c1-41-23-12-6-10-21(16-23)28(37)31-13-14-32(29(38)42-18-19-7-3-2-4-8-19)27(31)26(36)30-24(17-25(34)35)20-9-5-11-22(15-20)33(39)40/h2-12,15-16,24,27H,13-14,17-18H2,1H3,(H,30,36)(H,34,35). The Balaban J connectivity index is 1.64. The summed E-state index contributed by atoms with van der Waals surface area (Å²) in [5, 5.41) is 23.4. The SMILES string of the molecule is COc1cccc(C(=O)N2CCN(C(=O)OCc3ccccc3)C2C(=O)NC(CC(=O)O)c2cccc([N+](=O)[O-])c2)c1. The van der Waals surface area contributed by atoms with Crippen LogP contribution in [0.25, 0.3) is 0 Å². The number of carbonyl (C=O) groups is 4. The van der Waals surface area contributed by atoms with Gasteiger partial charge in [-0.1, -0.05) is 48.5 Å².